The lowest BCUT2D eigenvalue weighted by molar-refractivity contribution is 0.625. The number of hydrogen-bond donors (Lipinski definition) is 0. The first kappa shape index (κ1) is 13.5. The first-order valence-electron chi connectivity index (χ1n) is 8.22. The predicted molar refractivity (Wildman–Crippen MR) is 96.1 cm³/mol. The van der Waals surface area contributed by atoms with Crippen LogP contribution in [0.4, 0.5) is 5.95 Å². The molecule has 0 amide bonds. The molecule has 5 rings (SSSR count). The van der Waals surface area contributed by atoms with Crippen LogP contribution >= 0.6 is 0 Å². The quantitative estimate of drug-likeness (QED) is 0.729. The second kappa shape index (κ2) is 5.03. The Kier molecular flexibility index (Phi) is 2.82. The average molecular weight is 315 g/mol. The summed E-state index contributed by atoms with van der Waals surface area (Å²) in [6.45, 7) is 3.77. The minimum absolute atomic E-state index is 0.735. The van der Waals surface area contributed by atoms with Crippen molar-refractivity contribution in [2.75, 3.05) is 13.1 Å². The number of hydrogen-bond acceptors (Lipinski definition) is 4. The highest BCUT2D eigenvalue weighted by molar-refractivity contribution is 6.09. The Morgan fingerprint density at radius 1 is 1.08 bits per heavy atom. The molecular formula is C19H17N5. The minimum Gasteiger partial charge on any atom is -0.297 e. The van der Waals surface area contributed by atoms with Gasteiger partial charge in [-0.25, -0.2) is 9.55 Å². The number of aryl methyl sites for hydroxylation is 1. The van der Waals surface area contributed by atoms with Gasteiger partial charge in [0.05, 0.1) is 17.6 Å². The second-order valence-electron chi connectivity index (χ2n) is 6.26. The van der Waals surface area contributed by atoms with Crippen LogP contribution < -0.4 is 0 Å². The zero-order valence-electron chi connectivity index (χ0n) is 13.5. The summed E-state index contributed by atoms with van der Waals surface area (Å²) in [5.41, 5.74) is 4.51. The highest BCUT2D eigenvalue weighted by Crippen LogP contribution is 2.29. The Morgan fingerprint density at radius 2 is 1.96 bits per heavy atom. The molecule has 2 aliphatic heterocycles. The third-order valence-electron chi connectivity index (χ3n) is 4.56. The number of amidine groups is 1. The molecule has 0 bridgehead atoms. The van der Waals surface area contributed by atoms with Gasteiger partial charge in [-0.15, -0.1) is 0 Å². The molecule has 0 atom stereocenters. The Balaban J connectivity index is 1.67. The third kappa shape index (κ3) is 1.98. The maximum absolute atomic E-state index is 4.86. The zero-order chi connectivity index (χ0) is 16.1. The van der Waals surface area contributed by atoms with Crippen molar-refractivity contribution >= 4 is 28.8 Å². The summed E-state index contributed by atoms with van der Waals surface area (Å²) in [7, 11) is 0. The maximum Gasteiger partial charge on any atom is 0.239 e. The van der Waals surface area contributed by atoms with Crippen LogP contribution in [-0.2, 0) is 6.42 Å². The van der Waals surface area contributed by atoms with Gasteiger partial charge in [0.2, 0.25) is 11.9 Å². The zero-order valence-corrected chi connectivity index (χ0v) is 13.5. The Labute approximate surface area is 140 Å². The van der Waals surface area contributed by atoms with Crippen LogP contribution in [0.1, 0.15) is 11.1 Å². The summed E-state index contributed by atoms with van der Waals surface area (Å²) >= 11 is 0. The van der Waals surface area contributed by atoms with E-state index in [-0.39, 0.29) is 0 Å². The van der Waals surface area contributed by atoms with Gasteiger partial charge in [-0.3, -0.25) is 9.89 Å². The fourth-order valence-electron chi connectivity index (χ4n) is 3.41. The van der Waals surface area contributed by atoms with Crippen molar-refractivity contribution in [3.8, 4) is 0 Å². The molecule has 1 aromatic heterocycles. The van der Waals surface area contributed by atoms with Crippen molar-refractivity contribution < 1.29 is 0 Å². The topological polar surface area (TPSA) is 45.8 Å². The number of nitrogens with zero attached hydrogens (tertiary/aromatic N) is 5. The van der Waals surface area contributed by atoms with Gasteiger partial charge in [0, 0.05) is 13.0 Å². The lowest BCUT2D eigenvalue weighted by Crippen LogP contribution is -2.41. The fraction of sp³-hybridized carbons (Fsp3) is 0.211. The van der Waals surface area contributed by atoms with Crippen molar-refractivity contribution in [1.29, 1.82) is 0 Å². The molecule has 0 radical (unpaired) electrons. The molecule has 24 heavy (non-hydrogen) atoms. The van der Waals surface area contributed by atoms with Crippen LogP contribution in [0.5, 0.6) is 0 Å². The maximum atomic E-state index is 4.86. The molecule has 0 unspecified atom stereocenters. The van der Waals surface area contributed by atoms with Crippen LogP contribution in [0.3, 0.4) is 0 Å². The standard InChI is InChI=1S/C19H17N5/c1-13-7-8-16-15(11-13)21-18-22-17(12-14-5-3-2-4-6-14)23-10-9-20-19(23)24(16)18/h2-8,11H,9-10,12H2,1H3. The summed E-state index contributed by atoms with van der Waals surface area (Å²) in [6.07, 6.45) is 0.794. The van der Waals surface area contributed by atoms with E-state index in [4.69, 9.17) is 15.0 Å². The van der Waals surface area contributed by atoms with Gasteiger partial charge in [-0.05, 0) is 30.2 Å². The van der Waals surface area contributed by atoms with Crippen LogP contribution in [-0.4, -0.2) is 39.3 Å². The second-order valence-corrected chi connectivity index (χ2v) is 6.26. The Hall–Kier alpha value is -2.95. The highest BCUT2D eigenvalue weighted by Gasteiger charge is 2.31. The summed E-state index contributed by atoms with van der Waals surface area (Å²) < 4.78 is 2.08. The van der Waals surface area contributed by atoms with E-state index in [2.05, 4.69) is 58.9 Å². The van der Waals surface area contributed by atoms with Gasteiger partial charge < -0.3 is 0 Å². The Morgan fingerprint density at radius 3 is 2.83 bits per heavy atom. The van der Waals surface area contributed by atoms with Crippen molar-refractivity contribution in [1.82, 2.24) is 14.5 Å². The van der Waals surface area contributed by atoms with Gasteiger partial charge in [0.25, 0.3) is 0 Å². The van der Waals surface area contributed by atoms with E-state index in [1.54, 1.807) is 0 Å². The van der Waals surface area contributed by atoms with Gasteiger partial charge in [-0.1, -0.05) is 36.4 Å². The predicted octanol–water partition coefficient (Wildman–Crippen LogP) is 3.15. The van der Waals surface area contributed by atoms with Crippen LogP contribution in [0.2, 0.25) is 0 Å². The summed E-state index contributed by atoms with van der Waals surface area (Å²) in [5, 5.41) is 0. The van der Waals surface area contributed by atoms with Crippen molar-refractivity contribution in [2.45, 2.75) is 13.3 Å². The normalized spacial score (nSPS) is 16.0. The SMILES string of the molecule is Cc1ccc2c(c1)nc1n2C2=NCCN2C(Cc2ccccc2)=N1. The lowest BCUT2D eigenvalue weighted by atomic mass is 10.1. The van der Waals surface area contributed by atoms with Crippen molar-refractivity contribution in [3.63, 3.8) is 0 Å². The monoisotopic (exact) mass is 315 g/mol. The third-order valence-corrected chi connectivity index (χ3v) is 4.56. The highest BCUT2D eigenvalue weighted by atomic mass is 15.4. The molecular weight excluding hydrogens is 298 g/mol. The number of benzene rings is 2. The molecule has 118 valence electrons. The minimum atomic E-state index is 0.735. The van der Waals surface area contributed by atoms with Crippen LogP contribution in [0.15, 0.2) is 58.5 Å². The molecule has 5 nitrogen and oxygen atoms in total. The van der Waals surface area contributed by atoms with E-state index >= 15 is 0 Å². The molecule has 0 saturated heterocycles. The van der Waals surface area contributed by atoms with Crippen molar-refractivity contribution in [2.24, 2.45) is 9.98 Å². The molecule has 0 spiro atoms. The molecule has 0 fully saturated rings. The molecule has 3 heterocycles. The molecule has 5 heteroatoms. The molecule has 0 aliphatic carbocycles. The fourth-order valence-corrected chi connectivity index (χ4v) is 3.41. The summed E-state index contributed by atoms with van der Waals surface area (Å²) in [5.74, 6) is 2.72. The van der Waals surface area contributed by atoms with E-state index in [0.29, 0.717) is 0 Å². The van der Waals surface area contributed by atoms with E-state index in [0.717, 1.165) is 48.3 Å². The molecule has 2 aromatic carbocycles. The number of rotatable bonds is 2. The van der Waals surface area contributed by atoms with Gasteiger partial charge >= 0.3 is 0 Å². The van der Waals surface area contributed by atoms with E-state index in [1.165, 1.54) is 11.1 Å². The first-order chi connectivity index (χ1) is 11.8. The van der Waals surface area contributed by atoms with E-state index < -0.39 is 0 Å². The largest absolute Gasteiger partial charge is 0.297 e. The number of aromatic nitrogens is 2. The van der Waals surface area contributed by atoms with Crippen molar-refractivity contribution in [3.05, 3.63) is 59.7 Å². The van der Waals surface area contributed by atoms with Crippen LogP contribution in [0, 0.1) is 6.92 Å². The summed E-state index contributed by atoms with van der Waals surface area (Å²) in [6, 6.07) is 16.8. The number of fused-ring (bicyclic) bond motifs is 5. The summed E-state index contributed by atoms with van der Waals surface area (Å²) in [4.78, 5) is 16.5. The molecule has 0 saturated carbocycles. The van der Waals surface area contributed by atoms with E-state index in [9.17, 15) is 0 Å². The van der Waals surface area contributed by atoms with Crippen LogP contribution in [0.25, 0.3) is 11.0 Å². The molecule has 2 aliphatic rings. The number of aliphatic imine (C=N–C) groups is 2. The molecule has 3 aromatic rings. The average Bonchev–Trinajstić information content (AvgIpc) is 3.19. The lowest BCUT2D eigenvalue weighted by Gasteiger charge is -2.27. The number of imidazole rings is 1. The van der Waals surface area contributed by atoms with Gasteiger partial charge in [-0.2, -0.15) is 4.99 Å². The smallest absolute Gasteiger partial charge is 0.239 e. The van der Waals surface area contributed by atoms with E-state index in [1.807, 2.05) is 6.07 Å². The first-order valence-corrected chi connectivity index (χ1v) is 8.22. The van der Waals surface area contributed by atoms with Gasteiger partial charge in [0.15, 0.2) is 0 Å². The van der Waals surface area contributed by atoms with Gasteiger partial charge in [0.1, 0.15) is 5.84 Å². The Bertz CT molecular complexity index is 997. The molecule has 0 N–H and O–H groups in total.